The first-order valence-corrected chi connectivity index (χ1v) is 11.0. The molecule has 0 radical (unpaired) electrons. The number of allylic oxidation sites excluding steroid dienone is 3. The lowest BCUT2D eigenvalue weighted by molar-refractivity contribution is -0.116. The molecule has 2 N–H and O–H groups in total. The summed E-state index contributed by atoms with van der Waals surface area (Å²) in [4.78, 5) is 4.11. The Morgan fingerprint density at radius 3 is 2.93 bits per heavy atom. The van der Waals surface area contributed by atoms with Crippen LogP contribution in [-0.4, -0.2) is 30.3 Å². The first kappa shape index (κ1) is 20.4. The van der Waals surface area contributed by atoms with Crippen LogP contribution in [0, 0.1) is 16.7 Å². The molecule has 6 heteroatoms. The lowest BCUT2D eigenvalue weighted by Gasteiger charge is -2.48. The second-order valence-electron chi connectivity index (χ2n) is 8.56. The molecule has 154 valence electrons. The Kier molecular flexibility index (Phi) is 6.24. The number of nitrogens with zero attached hydrogens (tertiary/aromatic N) is 2. The molecule has 1 spiro atoms. The number of ether oxygens (including phenoxy) is 1. The van der Waals surface area contributed by atoms with Crippen LogP contribution < -0.4 is 10.6 Å². The fourth-order valence-corrected chi connectivity index (χ4v) is 5.33. The summed E-state index contributed by atoms with van der Waals surface area (Å²) >= 11 is 5.94. The van der Waals surface area contributed by atoms with Crippen molar-refractivity contribution in [2.24, 2.45) is 5.41 Å². The predicted molar refractivity (Wildman–Crippen MR) is 114 cm³/mol. The summed E-state index contributed by atoms with van der Waals surface area (Å²) in [6.07, 6.45) is 16.5. The average molecular weight is 413 g/mol. The van der Waals surface area contributed by atoms with Crippen LogP contribution in [0.2, 0.25) is 5.15 Å². The highest BCUT2D eigenvalue weighted by molar-refractivity contribution is 6.30. The van der Waals surface area contributed by atoms with E-state index in [4.69, 9.17) is 21.6 Å². The van der Waals surface area contributed by atoms with E-state index < -0.39 is 0 Å². The van der Waals surface area contributed by atoms with Crippen molar-refractivity contribution in [3.05, 3.63) is 52.5 Å². The van der Waals surface area contributed by atoms with Gasteiger partial charge in [0.1, 0.15) is 11.2 Å². The molecule has 1 aromatic heterocycles. The minimum Gasteiger partial charge on any atom is -0.384 e. The van der Waals surface area contributed by atoms with Gasteiger partial charge < -0.3 is 15.4 Å². The van der Waals surface area contributed by atoms with E-state index in [0.717, 1.165) is 44.5 Å². The third-order valence-electron chi connectivity index (χ3n) is 6.67. The first-order chi connectivity index (χ1) is 14.1. The molecule has 0 aromatic carbocycles. The van der Waals surface area contributed by atoms with Crippen molar-refractivity contribution >= 4 is 11.6 Å². The molecule has 0 bridgehead atoms. The number of aromatic nitrogens is 1. The van der Waals surface area contributed by atoms with E-state index in [0.29, 0.717) is 12.1 Å². The minimum absolute atomic E-state index is 0.0731. The number of hydrogen-bond acceptors (Lipinski definition) is 5. The summed E-state index contributed by atoms with van der Waals surface area (Å²) in [5.41, 5.74) is 2.99. The molecule has 0 unspecified atom stereocenters. The highest BCUT2D eigenvalue weighted by Gasteiger charge is 2.48. The number of dihydropyridines is 1. The minimum atomic E-state index is 0.0731. The molecule has 5 nitrogen and oxygen atoms in total. The highest BCUT2D eigenvalue weighted by Crippen LogP contribution is 2.51. The van der Waals surface area contributed by atoms with E-state index >= 15 is 0 Å². The Hall–Kier alpha value is -1.87. The Bertz CT molecular complexity index is 838. The average Bonchev–Trinajstić information content (AvgIpc) is 3.20. The van der Waals surface area contributed by atoms with Gasteiger partial charge in [0.25, 0.3) is 0 Å². The number of rotatable bonds is 6. The van der Waals surface area contributed by atoms with Crippen LogP contribution in [0.1, 0.15) is 56.1 Å². The van der Waals surface area contributed by atoms with E-state index in [9.17, 15) is 0 Å². The van der Waals surface area contributed by atoms with Crippen molar-refractivity contribution in [3.63, 3.8) is 0 Å². The Balaban J connectivity index is 1.43. The SMILES string of the molecule is N#Cc1cc(CNCC[C@@]2(C3=CC=CCN3)CCOC3(CCCC3)C2)cnc1Cl. The maximum Gasteiger partial charge on any atom is 0.146 e. The van der Waals surface area contributed by atoms with Gasteiger partial charge in [0.05, 0.1) is 11.2 Å². The molecule has 29 heavy (non-hydrogen) atoms. The normalized spacial score (nSPS) is 25.4. The van der Waals surface area contributed by atoms with Crippen LogP contribution in [0.25, 0.3) is 0 Å². The van der Waals surface area contributed by atoms with Crippen LogP contribution >= 0.6 is 11.6 Å². The highest BCUT2D eigenvalue weighted by atomic mass is 35.5. The zero-order valence-electron chi connectivity index (χ0n) is 16.8. The van der Waals surface area contributed by atoms with Crippen LogP contribution in [0.4, 0.5) is 0 Å². The molecule has 2 fully saturated rings. The van der Waals surface area contributed by atoms with E-state index in [-0.39, 0.29) is 16.2 Å². The van der Waals surface area contributed by atoms with Crippen LogP contribution in [-0.2, 0) is 11.3 Å². The van der Waals surface area contributed by atoms with Crippen molar-refractivity contribution in [2.45, 2.75) is 57.1 Å². The molecule has 2 aliphatic heterocycles. The fourth-order valence-electron chi connectivity index (χ4n) is 5.19. The van der Waals surface area contributed by atoms with Crippen molar-refractivity contribution in [1.82, 2.24) is 15.6 Å². The van der Waals surface area contributed by atoms with Gasteiger partial charge in [-0.1, -0.05) is 36.6 Å². The second-order valence-corrected chi connectivity index (χ2v) is 8.91. The Morgan fingerprint density at radius 2 is 2.17 bits per heavy atom. The molecular formula is C23H29ClN4O. The monoisotopic (exact) mass is 412 g/mol. The molecule has 1 saturated heterocycles. The largest absolute Gasteiger partial charge is 0.384 e. The molecule has 1 aromatic rings. The molecule has 3 heterocycles. The predicted octanol–water partition coefficient (Wildman–Crippen LogP) is 4.24. The standard InChI is InChI=1S/C23H29ClN4O/c24-21-19(14-25)13-18(16-28-21)15-26-11-8-22(20-5-1-4-10-27-20)9-12-29-23(17-22)6-2-3-7-23/h1,4-5,13,16,26-27H,2-3,6-12,15,17H2/t22-/m1/s1. The molecule has 1 saturated carbocycles. The van der Waals surface area contributed by atoms with E-state index in [1.54, 1.807) is 6.20 Å². The lowest BCUT2D eigenvalue weighted by atomic mass is 9.67. The van der Waals surface area contributed by atoms with Gasteiger partial charge >= 0.3 is 0 Å². The molecule has 3 aliphatic rings. The fraction of sp³-hybridized carbons (Fsp3) is 0.565. The van der Waals surface area contributed by atoms with Crippen LogP contribution in [0.3, 0.4) is 0 Å². The van der Waals surface area contributed by atoms with Crippen LogP contribution in [0.5, 0.6) is 0 Å². The van der Waals surface area contributed by atoms with Gasteiger partial charge in [0, 0.05) is 37.0 Å². The van der Waals surface area contributed by atoms with Gasteiger partial charge in [-0.25, -0.2) is 4.98 Å². The van der Waals surface area contributed by atoms with Gasteiger partial charge in [0.2, 0.25) is 0 Å². The number of nitriles is 1. The Morgan fingerprint density at radius 1 is 1.31 bits per heavy atom. The van der Waals surface area contributed by atoms with Gasteiger partial charge in [-0.2, -0.15) is 5.26 Å². The molecule has 4 rings (SSSR count). The Labute approximate surface area is 178 Å². The molecule has 1 atom stereocenters. The summed E-state index contributed by atoms with van der Waals surface area (Å²) in [6.45, 7) is 3.34. The summed E-state index contributed by atoms with van der Waals surface area (Å²) in [5, 5.41) is 16.6. The smallest absolute Gasteiger partial charge is 0.146 e. The number of halogens is 1. The van der Waals surface area contributed by atoms with Gasteiger partial charge in [-0.3, -0.25) is 0 Å². The third-order valence-corrected chi connectivity index (χ3v) is 6.97. The summed E-state index contributed by atoms with van der Waals surface area (Å²) in [7, 11) is 0. The van der Waals surface area contributed by atoms with E-state index in [1.165, 1.54) is 31.4 Å². The van der Waals surface area contributed by atoms with Crippen LogP contribution in [0.15, 0.2) is 36.2 Å². The summed E-state index contributed by atoms with van der Waals surface area (Å²) in [5.74, 6) is 0. The molecule has 0 amide bonds. The third kappa shape index (κ3) is 4.50. The topological polar surface area (TPSA) is 70.0 Å². The summed E-state index contributed by atoms with van der Waals surface area (Å²) < 4.78 is 6.34. The quantitative estimate of drug-likeness (QED) is 0.540. The van der Waals surface area contributed by atoms with E-state index in [2.05, 4.69) is 39.9 Å². The molecule has 1 aliphatic carbocycles. The number of pyridine rings is 1. The maximum absolute atomic E-state index is 9.14. The van der Waals surface area contributed by atoms with Gasteiger partial charge in [-0.05, 0) is 56.4 Å². The zero-order valence-corrected chi connectivity index (χ0v) is 17.6. The first-order valence-electron chi connectivity index (χ1n) is 10.7. The van der Waals surface area contributed by atoms with Crippen molar-refractivity contribution in [3.8, 4) is 6.07 Å². The maximum atomic E-state index is 9.14. The zero-order chi connectivity index (χ0) is 20.2. The van der Waals surface area contributed by atoms with Crippen molar-refractivity contribution in [1.29, 1.82) is 5.26 Å². The number of nitrogens with one attached hydrogen (secondary N) is 2. The molecular weight excluding hydrogens is 384 g/mol. The van der Waals surface area contributed by atoms with Gasteiger partial charge in [-0.15, -0.1) is 0 Å². The number of hydrogen-bond donors (Lipinski definition) is 2. The summed E-state index contributed by atoms with van der Waals surface area (Å²) in [6, 6.07) is 3.91. The lowest BCUT2D eigenvalue weighted by Crippen LogP contribution is -2.48. The van der Waals surface area contributed by atoms with Crippen molar-refractivity contribution in [2.75, 3.05) is 19.7 Å². The van der Waals surface area contributed by atoms with Gasteiger partial charge in [0.15, 0.2) is 0 Å². The van der Waals surface area contributed by atoms with E-state index in [1.807, 2.05) is 6.07 Å². The van der Waals surface area contributed by atoms with Crippen molar-refractivity contribution < 1.29 is 4.74 Å². The second kappa shape index (κ2) is 8.87.